The average molecular weight is 418 g/mol. The van der Waals surface area contributed by atoms with E-state index in [9.17, 15) is 35.4 Å². The Morgan fingerprint density at radius 3 is 2.30 bits per heavy atom. The lowest BCUT2D eigenvalue weighted by Gasteiger charge is -2.41. The predicted molar refractivity (Wildman–Crippen MR) is 101 cm³/mol. The van der Waals surface area contributed by atoms with Gasteiger partial charge in [0.25, 0.3) is 0 Å². The van der Waals surface area contributed by atoms with Crippen LogP contribution < -0.4 is 4.74 Å². The van der Waals surface area contributed by atoms with Crippen LogP contribution in [0.3, 0.4) is 0 Å². The maximum Gasteiger partial charge on any atom is 0.170 e. The molecule has 30 heavy (non-hydrogen) atoms. The van der Waals surface area contributed by atoms with Gasteiger partial charge in [-0.05, 0) is 29.8 Å². The van der Waals surface area contributed by atoms with Gasteiger partial charge in [0, 0.05) is 0 Å². The summed E-state index contributed by atoms with van der Waals surface area (Å²) in [6, 6.07) is 8.79. The first-order chi connectivity index (χ1) is 14.3. The number of rotatable bonds is 3. The number of fused-ring (bicyclic) bond motifs is 1. The van der Waals surface area contributed by atoms with Crippen LogP contribution >= 0.6 is 0 Å². The number of hydrogen-bond acceptors (Lipinski definition) is 9. The van der Waals surface area contributed by atoms with Crippen molar-refractivity contribution in [1.29, 1.82) is 0 Å². The topological polar surface area (TPSA) is 157 Å². The second-order valence-corrected chi connectivity index (χ2v) is 7.45. The summed E-state index contributed by atoms with van der Waals surface area (Å²) in [7, 11) is 0. The third-order valence-corrected chi connectivity index (χ3v) is 5.55. The summed E-state index contributed by atoms with van der Waals surface area (Å²) < 4.78 is 11.6. The van der Waals surface area contributed by atoms with E-state index in [-0.39, 0.29) is 40.6 Å². The normalized spacial score (nSPS) is 31.1. The Morgan fingerprint density at radius 2 is 1.63 bits per heavy atom. The Kier molecular flexibility index (Phi) is 5.39. The molecule has 2 heterocycles. The molecule has 0 aromatic heterocycles. The summed E-state index contributed by atoms with van der Waals surface area (Å²) in [5.41, 5.74) is 0.742. The molecule has 6 N–H and O–H groups in total. The number of aromatic hydroxyl groups is 2. The van der Waals surface area contributed by atoms with Crippen LogP contribution in [0.5, 0.6) is 17.2 Å². The van der Waals surface area contributed by atoms with Gasteiger partial charge in [-0.3, -0.25) is 4.79 Å². The number of Topliss-reactive ketones (excluding diaryl/α,β-unsaturated/α-hetero) is 1. The van der Waals surface area contributed by atoms with Crippen molar-refractivity contribution in [1.82, 2.24) is 0 Å². The highest BCUT2D eigenvalue weighted by atomic mass is 16.5. The van der Waals surface area contributed by atoms with Gasteiger partial charge in [-0.15, -0.1) is 0 Å². The highest BCUT2D eigenvalue weighted by molar-refractivity contribution is 6.00. The maximum atomic E-state index is 12.8. The Balaban J connectivity index is 1.77. The zero-order valence-corrected chi connectivity index (χ0v) is 15.8. The lowest BCUT2D eigenvalue weighted by Crippen LogP contribution is -2.55. The summed E-state index contributed by atoms with van der Waals surface area (Å²) in [4.78, 5) is 12.8. The van der Waals surface area contributed by atoms with Gasteiger partial charge < -0.3 is 40.1 Å². The first-order valence-electron chi connectivity index (χ1n) is 9.47. The van der Waals surface area contributed by atoms with Gasteiger partial charge in [-0.25, -0.2) is 0 Å². The summed E-state index contributed by atoms with van der Waals surface area (Å²) in [5, 5.41) is 60.1. The maximum absolute atomic E-state index is 12.8. The molecule has 160 valence electrons. The molecule has 9 heteroatoms. The molecule has 0 radical (unpaired) electrons. The number of hydrogen-bond donors (Lipinski definition) is 6. The summed E-state index contributed by atoms with van der Waals surface area (Å²) in [6.07, 6.45) is -8.09. The first kappa shape index (κ1) is 20.6. The van der Waals surface area contributed by atoms with Crippen molar-refractivity contribution in [3.05, 3.63) is 53.1 Å². The van der Waals surface area contributed by atoms with Crippen molar-refractivity contribution in [3.63, 3.8) is 0 Å². The molecule has 6 atom stereocenters. The highest BCUT2D eigenvalue weighted by Gasteiger charge is 2.47. The Morgan fingerprint density at radius 1 is 0.933 bits per heavy atom. The second kappa shape index (κ2) is 7.86. The van der Waals surface area contributed by atoms with Crippen molar-refractivity contribution < 1.29 is 44.9 Å². The standard InChI is InChI=1S/C21H22O9/c22-8-15-17(26)18(27)19(28)21(30-15)16-12(24)6-5-11-13(25)7-14(29-20(11)16)9-1-3-10(23)4-2-9/h1-6,14-15,17-19,21-24,26-28H,7-8H2/t14-,15+,17+,18-,19+,21-/m0/s1. The van der Waals surface area contributed by atoms with Crippen LogP contribution in [0.15, 0.2) is 36.4 Å². The second-order valence-electron chi connectivity index (χ2n) is 7.45. The van der Waals surface area contributed by atoms with E-state index in [1.54, 1.807) is 12.1 Å². The molecule has 0 bridgehead atoms. The van der Waals surface area contributed by atoms with Crippen LogP contribution in [-0.4, -0.2) is 67.4 Å². The quantitative estimate of drug-likeness (QED) is 0.413. The molecule has 0 spiro atoms. The monoisotopic (exact) mass is 418 g/mol. The zero-order chi connectivity index (χ0) is 21.6. The van der Waals surface area contributed by atoms with E-state index >= 15 is 0 Å². The van der Waals surface area contributed by atoms with Gasteiger partial charge >= 0.3 is 0 Å². The number of ketones is 1. The third-order valence-electron chi connectivity index (χ3n) is 5.55. The van der Waals surface area contributed by atoms with Gasteiger partial charge in [0.1, 0.15) is 53.9 Å². The SMILES string of the molecule is O=C1C[C@@H](c2ccc(O)cc2)Oc2c1ccc(O)c2[C@@H]1O[C@H](CO)[C@@H](O)[C@H](O)[C@H]1O. The average Bonchev–Trinajstić information content (AvgIpc) is 2.73. The minimum Gasteiger partial charge on any atom is -0.508 e. The minimum atomic E-state index is -1.65. The van der Waals surface area contributed by atoms with Crippen LogP contribution in [0.4, 0.5) is 0 Å². The largest absolute Gasteiger partial charge is 0.508 e. The summed E-state index contributed by atoms with van der Waals surface area (Å²) in [6.45, 7) is -0.632. The molecule has 2 aliphatic rings. The third kappa shape index (κ3) is 3.40. The fourth-order valence-electron chi connectivity index (χ4n) is 3.89. The Labute approximate surface area is 171 Å². The molecular weight excluding hydrogens is 396 g/mol. The molecule has 0 unspecified atom stereocenters. The van der Waals surface area contributed by atoms with Crippen LogP contribution in [0.25, 0.3) is 0 Å². The number of aliphatic hydroxyl groups is 4. The molecular formula is C21H22O9. The van der Waals surface area contributed by atoms with E-state index in [0.29, 0.717) is 5.56 Å². The molecule has 2 aliphatic heterocycles. The molecule has 4 rings (SSSR count). The van der Waals surface area contributed by atoms with Gasteiger partial charge in [-0.1, -0.05) is 12.1 Å². The van der Waals surface area contributed by atoms with Crippen molar-refractivity contribution in [2.24, 2.45) is 0 Å². The predicted octanol–water partition coefficient (Wildman–Crippen LogP) is 0.319. The fraction of sp³-hybridized carbons (Fsp3) is 0.381. The first-order valence-corrected chi connectivity index (χ1v) is 9.47. The molecule has 1 saturated heterocycles. The number of phenols is 2. The Bertz CT molecular complexity index is 940. The van der Waals surface area contributed by atoms with Crippen molar-refractivity contribution in [3.8, 4) is 17.2 Å². The molecule has 2 aromatic rings. The van der Waals surface area contributed by atoms with Gasteiger partial charge in [0.15, 0.2) is 5.78 Å². The van der Waals surface area contributed by atoms with E-state index in [1.165, 1.54) is 24.3 Å². The number of carbonyl (C=O) groups excluding carboxylic acids is 1. The van der Waals surface area contributed by atoms with Crippen LogP contribution in [0.2, 0.25) is 0 Å². The number of benzene rings is 2. The summed E-state index contributed by atoms with van der Waals surface area (Å²) in [5.74, 6) is -0.549. The van der Waals surface area contributed by atoms with E-state index < -0.39 is 43.2 Å². The van der Waals surface area contributed by atoms with E-state index in [4.69, 9.17) is 9.47 Å². The number of aliphatic hydroxyl groups excluding tert-OH is 4. The molecule has 1 fully saturated rings. The number of carbonyl (C=O) groups is 1. The van der Waals surface area contributed by atoms with Gasteiger partial charge in [0.2, 0.25) is 0 Å². The summed E-state index contributed by atoms with van der Waals surface area (Å²) >= 11 is 0. The van der Waals surface area contributed by atoms with Crippen LogP contribution in [0, 0.1) is 0 Å². The van der Waals surface area contributed by atoms with E-state index in [0.717, 1.165) is 0 Å². The molecule has 0 saturated carbocycles. The fourth-order valence-corrected chi connectivity index (χ4v) is 3.89. The van der Waals surface area contributed by atoms with Crippen molar-refractivity contribution in [2.45, 2.75) is 43.0 Å². The lowest BCUT2D eigenvalue weighted by molar-refractivity contribution is -0.232. The van der Waals surface area contributed by atoms with Crippen molar-refractivity contribution >= 4 is 5.78 Å². The molecule has 0 amide bonds. The Hall–Kier alpha value is -2.69. The van der Waals surface area contributed by atoms with Crippen molar-refractivity contribution in [2.75, 3.05) is 6.61 Å². The van der Waals surface area contributed by atoms with Crippen LogP contribution in [-0.2, 0) is 4.74 Å². The van der Waals surface area contributed by atoms with E-state index in [1.807, 2.05) is 0 Å². The smallest absolute Gasteiger partial charge is 0.170 e. The van der Waals surface area contributed by atoms with Gasteiger partial charge in [-0.2, -0.15) is 0 Å². The van der Waals surface area contributed by atoms with Crippen LogP contribution in [0.1, 0.15) is 40.1 Å². The molecule has 9 nitrogen and oxygen atoms in total. The molecule has 2 aromatic carbocycles. The lowest BCUT2D eigenvalue weighted by atomic mass is 9.87. The molecule has 0 aliphatic carbocycles. The number of phenolic OH excluding ortho intramolecular Hbond substituents is 2. The minimum absolute atomic E-state index is 0.00588. The number of ether oxygens (including phenoxy) is 2. The zero-order valence-electron chi connectivity index (χ0n) is 15.8. The highest BCUT2D eigenvalue weighted by Crippen LogP contribution is 2.47. The van der Waals surface area contributed by atoms with Gasteiger partial charge in [0.05, 0.1) is 24.2 Å². The van der Waals surface area contributed by atoms with E-state index in [2.05, 4.69) is 0 Å².